The van der Waals surface area contributed by atoms with E-state index in [1.807, 2.05) is 20.8 Å². The highest BCUT2D eigenvalue weighted by molar-refractivity contribution is 7.80. The largest absolute Gasteiger partial charge is 0.392 e. The van der Waals surface area contributed by atoms with Gasteiger partial charge in [0.25, 0.3) is 0 Å². The molecule has 0 radical (unpaired) electrons. The summed E-state index contributed by atoms with van der Waals surface area (Å²) in [6.07, 6.45) is 5.20. The third-order valence-corrected chi connectivity index (χ3v) is 3.82. The van der Waals surface area contributed by atoms with Gasteiger partial charge < -0.3 is 11.1 Å². The molecule has 0 aliphatic carbocycles. The molecule has 0 fully saturated rings. The molecule has 0 heterocycles. The lowest BCUT2D eigenvalue weighted by Gasteiger charge is -2.27. The van der Waals surface area contributed by atoms with Gasteiger partial charge in [-0.15, -0.1) is 0 Å². The maximum Gasteiger partial charge on any atom is 0.232 e. The van der Waals surface area contributed by atoms with E-state index < -0.39 is 5.41 Å². The molecule has 3 nitrogen and oxygen atoms in total. The third kappa shape index (κ3) is 5.02. The Morgan fingerprint density at radius 1 is 1.41 bits per heavy atom. The standard InChI is InChI=1S/C13H26N2OS/c1-5-7-8-9-10(3)15-12(16)13(4,6-2)11(14)17/h10H,5-9H2,1-4H3,(H2,14,17)(H,15,16). The number of carbonyl (C=O) groups is 1. The van der Waals surface area contributed by atoms with Crippen LogP contribution in [0, 0.1) is 5.41 Å². The Hall–Kier alpha value is -0.640. The SMILES string of the molecule is CCCCCC(C)NC(=O)C(C)(CC)C(N)=S. The molecule has 0 saturated heterocycles. The summed E-state index contributed by atoms with van der Waals surface area (Å²) in [7, 11) is 0. The third-order valence-electron chi connectivity index (χ3n) is 3.37. The summed E-state index contributed by atoms with van der Waals surface area (Å²) in [4.78, 5) is 12.4. The highest BCUT2D eigenvalue weighted by Gasteiger charge is 2.34. The normalized spacial score (nSPS) is 16.0. The molecule has 1 amide bonds. The van der Waals surface area contributed by atoms with Gasteiger partial charge in [-0.1, -0.05) is 45.3 Å². The second-order valence-corrected chi connectivity index (χ2v) is 5.36. The molecule has 0 saturated carbocycles. The number of hydrogen-bond acceptors (Lipinski definition) is 2. The number of hydrogen-bond donors (Lipinski definition) is 2. The van der Waals surface area contributed by atoms with Crippen LogP contribution in [-0.4, -0.2) is 16.9 Å². The van der Waals surface area contributed by atoms with Crippen molar-refractivity contribution in [2.75, 3.05) is 0 Å². The van der Waals surface area contributed by atoms with Crippen LogP contribution in [0.5, 0.6) is 0 Å². The van der Waals surface area contributed by atoms with Crippen LogP contribution in [0.1, 0.15) is 59.8 Å². The van der Waals surface area contributed by atoms with E-state index in [2.05, 4.69) is 12.2 Å². The summed E-state index contributed by atoms with van der Waals surface area (Å²) in [5.41, 5.74) is 4.94. The Morgan fingerprint density at radius 3 is 2.41 bits per heavy atom. The Morgan fingerprint density at radius 2 is 2.00 bits per heavy atom. The lowest BCUT2D eigenvalue weighted by Crippen LogP contribution is -2.49. The summed E-state index contributed by atoms with van der Waals surface area (Å²) in [5.74, 6) is -0.0449. The second-order valence-electron chi connectivity index (χ2n) is 4.92. The van der Waals surface area contributed by atoms with Crippen molar-refractivity contribution in [3.05, 3.63) is 0 Å². The topological polar surface area (TPSA) is 55.1 Å². The zero-order chi connectivity index (χ0) is 13.5. The van der Waals surface area contributed by atoms with Gasteiger partial charge in [0.1, 0.15) is 0 Å². The van der Waals surface area contributed by atoms with Crippen molar-refractivity contribution < 1.29 is 4.79 Å². The van der Waals surface area contributed by atoms with Crippen LogP contribution in [0.25, 0.3) is 0 Å². The van der Waals surface area contributed by atoms with Gasteiger partial charge in [-0.05, 0) is 26.7 Å². The molecule has 0 aromatic heterocycles. The van der Waals surface area contributed by atoms with E-state index in [9.17, 15) is 4.79 Å². The molecular weight excluding hydrogens is 232 g/mol. The Labute approximate surface area is 111 Å². The van der Waals surface area contributed by atoms with Gasteiger partial charge in [0.2, 0.25) is 5.91 Å². The highest BCUT2D eigenvalue weighted by Crippen LogP contribution is 2.22. The fourth-order valence-electron chi connectivity index (χ4n) is 1.60. The van der Waals surface area contributed by atoms with Crippen LogP contribution in [0.3, 0.4) is 0 Å². The molecule has 2 atom stereocenters. The van der Waals surface area contributed by atoms with Gasteiger partial charge in [0, 0.05) is 6.04 Å². The zero-order valence-electron chi connectivity index (χ0n) is 11.5. The van der Waals surface area contributed by atoms with Crippen molar-refractivity contribution in [2.24, 2.45) is 11.1 Å². The smallest absolute Gasteiger partial charge is 0.232 e. The Bertz CT molecular complexity index is 268. The van der Waals surface area contributed by atoms with Crippen molar-refractivity contribution in [3.8, 4) is 0 Å². The van der Waals surface area contributed by atoms with Crippen LogP contribution in [0.2, 0.25) is 0 Å². The first-order chi connectivity index (χ1) is 7.88. The number of nitrogens with one attached hydrogen (secondary N) is 1. The summed E-state index contributed by atoms with van der Waals surface area (Å²) in [6.45, 7) is 7.94. The van der Waals surface area contributed by atoms with Crippen molar-refractivity contribution in [2.45, 2.75) is 65.8 Å². The van der Waals surface area contributed by atoms with E-state index >= 15 is 0 Å². The number of nitrogens with two attached hydrogens (primary N) is 1. The van der Waals surface area contributed by atoms with Crippen molar-refractivity contribution in [1.29, 1.82) is 0 Å². The first kappa shape index (κ1) is 16.4. The monoisotopic (exact) mass is 258 g/mol. The van der Waals surface area contributed by atoms with Gasteiger partial charge in [-0.2, -0.15) is 0 Å². The predicted molar refractivity (Wildman–Crippen MR) is 76.9 cm³/mol. The average Bonchev–Trinajstić information content (AvgIpc) is 2.27. The number of carbonyl (C=O) groups excluding carboxylic acids is 1. The molecule has 17 heavy (non-hydrogen) atoms. The molecule has 0 aliphatic rings. The lowest BCUT2D eigenvalue weighted by atomic mass is 9.86. The van der Waals surface area contributed by atoms with Crippen molar-refractivity contribution >= 4 is 23.1 Å². The fraction of sp³-hybridized carbons (Fsp3) is 0.846. The summed E-state index contributed by atoms with van der Waals surface area (Å²) in [5, 5.41) is 3.01. The maximum absolute atomic E-state index is 12.1. The van der Waals surface area contributed by atoms with E-state index in [1.165, 1.54) is 12.8 Å². The van der Waals surface area contributed by atoms with Crippen molar-refractivity contribution in [3.63, 3.8) is 0 Å². The van der Waals surface area contributed by atoms with Crippen LogP contribution in [-0.2, 0) is 4.79 Å². The van der Waals surface area contributed by atoms with E-state index in [0.29, 0.717) is 6.42 Å². The Kier molecular flexibility index (Phi) is 7.35. The average molecular weight is 258 g/mol. The highest BCUT2D eigenvalue weighted by atomic mass is 32.1. The molecule has 0 rings (SSSR count). The van der Waals surface area contributed by atoms with Crippen LogP contribution < -0.4 is 11.1 Å². The van der Waals surface area contributed by atoms with Crippen LogP contribution in [0.4, 0.5) is 0 Å². The number of unbranched alkanes of at least 4 members (excludes halogenated alkanes) is 2. The molecule has 0 aromatic carbocycles. The van der Waals surface area contributed by atoms with E-state index in [0.717, 1.165) is 12.8 Å². The van der Waals surface area contributed by atoms with Gasteiger partial charge in [0.15, 0.2) is 0 Å². The maximum atomic E-state index is 12.1. The van der Waals surface area contributed by atoms with E-state index in [1.54, 1.807) is 0 Å². The van der Waals surface area contributed by atoms with E-state index in [-0.39, 0.29) is 16.9 Å². The molecule has 2 unspecified atom stereocenters. The molecule has 0 spiro atoms. The second kappa shape index (κ2) is 7.64. The number of thiocarbonyl (C=S) groups is 1. The Balaban J connectivity index is 4.27. The van der Waals surface area contributed by atoms with Gasteiger partial charge in [-0.25, -0.2) is 0 Å². The first-order valence-corrected chi connectivity index (χ1v) is 6.90. The summed E-state index contributed by atoms with van der Waals surface area (Å²) >= 11 is 4.98. The first-order valence-electron chi connectivity index (χ1n) is 6.49. The zero-order valence-corrected chi connectivity index (χ0v) is 12.3. The molecular formula is C13H26N2OS. The summed E-state index contributed by atoms with van der Waals surface area (Å²) < 4.78 is 0. The molecule has 0 bridgehead atoms. The van der Waals surface area contributed by atoms with Crippen LogP contribution >= 0.6 is 12.2 Å². The minimum atomic E-state index is -0.714. The predicted octanol–water partition coefficient (Wildman–Crippen LogP) is 2.77. The van der Waals surface area contributed by atoms with Gasteiger partial charge in [0.05, 0.1) is 10.4 Å². The molecule has 0 aliphatic heterocycles. The van der Waals surface area contributed by atoms with E-state index in [4.69, 9.17) is 18.0 Å². The van der Waals surface area contributed by atoms with Gasteiger partial charge in [-0.3, -0.25) is 4.79 Å². The molecule has 4 heteroatoms. The number of rotatable bonds is 8. The van der Waals surface area contributed by atoms with Crippen LogP contribution in [0.15, 0.2) is 0 Å². The number of amides is 1. The molecule has 3 N–H and O–H groups in total. The van der Waals surface area contributed by atoms with Crippen molar-refractivity contribution in [1.82, 2.24) is 5.32 Å². The quantitative estimate of drug-likeness (QED) is 0.520. The molecule has 0 aromatic rings. The fourth-order valence-corrected chi connectivity index (χ4v) is 1.84. The lowest BCUT2D eigenvalue weighted by molar-refractivity contribution is -0.127. The molecule has 100 valence electrons. The minimum absolute atomic E-state index is 0.0449. The minimum Gasteiger partial charge on any atom is -0.392 e. The van der Waals surface area contributed by atoms with Gasteiger partial charge >= 0.3 is 0 Å². The summed E-state index contributed by atoms with van der Waals surface area (Å²) in [6, 6.07) is 0.189.